The van der Waals surface area contributed by atoms with E-state index < -0.39 is 0 Å². The molecule has 0 radical (unpaired) electrons. The zero-order valence-electron chi connectivity index (χ0n) is 13.5. The molecule has 0 aromatic heterocycles. The highest BCUT2D eigenvalue weighted by Crippen LogP contribution is 2.13. The van der Waals surface area contributed by atoms with Gasteiger partial charge in [0.1, 0.15) is 0 Å². The minimum atomic E-state index is 0. The summed E-state index contributed by atoms with van der Waals surface area (Å²) in [5, 5.41) is 0. The number of hydrogen-bond acceptors (Lipinski definition) is 3. The lowest BCUT2D eigenvalue weighted by atomic mass is 10.1. The zero-order chi connectivity index (χ0) is 15.1. The van der Waals surface area contributed by atoms with Gasteiger partial charge in [0.15, 0.2) is 5.96 Å². The van der Waals surface area contributed by atoms with Crippen LogP contribution in [0, 0.1) is 0 Å². The molecule has 0 unspecified atom stereocenters. The second-order valence-electron chi connectivity index (χ2n) is 5.50. The summed E-state index contributed by atoms with van der Waals surface area (Å²) >= 11 is 0. The Morgan fingerprint density at radius 1 is 1.23 bits per heavy atom. The van der Waals surface area contributed by atoms with E-state index >= 15 is 0 Å². The largest absolute Gasteiger partial charge is 0.378 e. The van der Waals surface area contributed by atoms with Gasteiger partial charge in [-0.15, -0.1) is 24.0 Å². The van der Waals surface area contributed by atoms with Crippen LogP contribution in [0.4, 0.5) is 5.69 Å². The lowest BCUT2D eigenvalue weighted by Gasteiger charge is -2.27. The van der Waals surface area contributed by atoms with Gasteiger partial charge in [-0.3, -0.25) is 4.99 Å². The first-order chi connectivity index (χ1) is 10.2. The molecular formula is C16H27IN4O. The topological polar surface area (TPSA) is 54.1 Å². The van der Waals surface area contributed by atoms with Crippen molar-refractivity contribution in [1.29, 1.82) is 0 Å². The lowest BCUT2D eigenvalue weighted by molar-refractivity contribution is 0.0674. The highest BCUT2D eigenvalue weighted by molar-refractivity contribution is 14.0. The third kappa shape index (κ3) is 6.00. The number of hydrogen-bond donors (Lipinski definition) is 1. The Bertz CT molecular complexity index is 456. The lowest BCUT2D eigenvalue weighted by Crippen LogP contribution is -2.44. The molecule has 0 spiro atoms. The maximum Gasteiger partial charge on any atom is 0.191 e. The first-order valence-electron chi connectivity index (χ1n) is 7.55. The van der Waals surface area contributed by atoms with E-state index in [2.05, 4.69) is 53.2 Å². The first kappa shape index (κ1) is 19.0. The number of ether oxygens (including phenoxy) is 1. The SMILES string of the molecule is CN(C)c1ccc(CCCN=C(N)N2CCOCC2)cc1.I. The molecule has 5 nitrogen and oxygen atoms in total. The molecule has 2 rings (SSSR count). The molecule has 22 heavy (non-hydrogen) atoms. The number of aryl methyl sites for hydroxylation is 1. The average molecular weight is 418 g/mol. The number of nitrogens with two attached hydrogens (primary N) is 1. The maximum absolute atomic E-state index is 6.00. The Morgan fingerprint density at radius 2 is 1.86 bits per heavy atom. The van der Waals surface area contributed by atoms with Gasteiger partial charge in [0.05, 0.1) is 13.2 Å². The summed E-state index contributed by atoms with van der Waals surface area (Å²) in [5.41, 5.74) is 8.57. The quantitative estimate of drug-likeness (QED) is 0.344. The number of anilines is 1. The number of aliphatic imine (C=N–C) groups is 1. The Labute approximate surface area is 150 Å². The molecule has 0 aliphatic carbocycles. The van der Waals surface area contributed by atoms with Crippen LogP contribution in [0.25, 0.3) is 0 Å². The van der Waals surface area contributed by atoms with E-state index in [-0.39, 0.29) is 24.0 Å². The molecule has 1 fully saturated rings. The van der Waals surface area contributed by atoms with Crippen LogP contribution in [0.2, 0.25) is 0 Å². The average Bonchev–Trinajstić information content (AvgIpc) is 2.52. The molecule has 1 aliphatic rings. The first-order valence-corrected chi connectivity index (χ1v) is 7.55. The minimum absolute atomic E-state index is 0. The number of benzene rings is 1. The van der Waals surface area contributed by atoms with Crippen molar-refractivity contribution >= 4 is 35.6 Å². The molecule has 1 aromatic rings. The Morgan fingerprint density at radius 3 is 2.45 bits per heavy atom. The van der Waals surface area contributed by atoms with Crippen molar-refractivity contribution in [3.05, 3.63) is 29.8 Å². The van der Waals surface area contributed by atoms with Crippen LogP contribution in [0.3, 0.4) is 0 Å². The number of nitrogens with zero attached hydrogens (tertiary/aromatic N) is 3. The summed E-state index contributed by atoms with van der Waals surface area (Å²) in [6.45, 7) is 3.96. The second kappa shape index (κ2) is 9.89. The molecule has 1 aliphatic heterocycles. The standard InChI is InChI=1S/C16H26N4O.HI/c1-19(2)15-7-5-14(6-8-15)4-3-9-18-16(17)20-10-12-21-13-11-20;/h5-8H,3-4,9-13H2,1-2H3,(H2,17,18);1H. The van der Waals surface area contributed by atoms with Gasteiger partial charge >= 0.3 is 0 Å². The van der Waals surface area contributed by atoms with Gasteiger partial charge in [0.25, 0.3) is 0 Å². The highest BCUT2D eigenvalue weighted by atomic mass is 127. The summed E-state index contributed by atoms with van der Waals surface area (Å²) in [6.07, 6.45) is 2.06. The van der Waals surface area contributed by atoms with Gasteiger partial charge in [-0.2, -0.15) is 0 Å². The molecule has 1 aromatic carbocycles. The monoisotopic (exact) mass is 418 g/mol. The molecule has 6 heteroatoms. The van der Waals surface area contributed by atoms with Crippen molar-refractivity contribution in [3.63, 3.8) is 0 Å². The van der Waals surface area contributed by atoms with Gasteiger partial charge in [-0.25, -0.2) is 0 Å². The summed E-state index contributed by atoms with van der Waals surface area (Å²) < 4.78 is 5.30. The number of rotatable bonds is 5. The Hall–Kier alpha value is -1.02. The molecule has 0 amide bonds. The molecule has 0 atom stereocenters. The summed E-state index contributed by atoms with van der Waals surface area (Å²) in [5.74, 6) is 0.654. The van der Waals surface area contributed by atoms with Gasteiger partial charge in [0, 0.05) is 39.4 Å². The van der Waals surface area contributed by atoms with Gasteiger partial charge in [-0.05, 0) is 30.5 Å². The van der Waals surface area contributed by atoms with Crippen molar-refractivity contribution in [3.8, 4) is 0 Å². The van der Waals surface area contributed by atoms with Crippen LogP contribution in [0.1, 0.15) is 12.0 Å². The van der Waals surface area contributed by atoms with Crippen LogP contribution in [0.15, 0.2) is 29.3 Å². The Kier molecular flexibility index (Phi) is 8.55. The van der Waals surface area contributed by atoms with Crippen LogP contribution < -0.4 is 10.6 Å². The van der Waals surface area contributed by atoms with Gasteiger partial charge in [-0.1, -0.05) is 12.1 Å². The molecule has 0 bridgehead atoms. The van der Waals surface area contributed by atoms with E-state index in [1.165, 1.54) is 11.3 Å². The minimum Gasteiger partial charge on any atom is -0.378 e. The summed E-state index contributed by atoms with van der Waals surface area (Å²) in [7, 11) is 4.11. The van der Waals surface area contributed by atoms with Gasteiger partial charge in [0.2, 0.25) is 0 Å². The fourth-order valence-electron chi connectivity index (χ4n) is 2.33. The van der Waals surface area contributed by atoms with Crippen molar-refractivity contribution in [2.75, 3.05) is 51.8 Å². The fourth-order valence-corrected chi connectivity index (χ4v) is 2.33. The van der Waals surface area contributed by atoms with E-state index in [0.717, 1.165) is 45.7 Å². The third-order valence-electron chi connectivity index (χ3n) is 3.69. The smallest absolute Gasteiger partial charge is 0.191 e. The summed E-state index contributed by atoms with van der Waals surface area (Å²) in [4.78, 5) is 8.67. The number of guanidine groups is 1. The van der Waals surface area contributed by atoms with E-state index in [1.54, 1.807) is 0 Å². The van der Waals surface area contributed by atoms with Crippen molar-refractivity contribution in [2.45, 2.75) is 12.8 Å². The normalized spacial score (nSPS) is 15.4. The van der Waals surface area contributed by atoms with E-state index in [9.17, 15) is 0 Å². The molecule has 1 saturated heterocycles. The third-order valence-corrected chi connectivity index (χ3v) is 3.69. The predicted molar refractivity (Wildman–Crippen MR) is 103 cm³/mol. The Balaban J connectivity index is 0.00000242. The predicted octanol–water partition coefficient (Wildman–Crippen LogP) is 1.95. The van der Waals surface area contributed by atoms with Crippen LogP contribution >= 0.6 is 24.0 Å². The van der Waals surface area contributed by atoms with Crippen molar-refractivity contribution < 1.29 is 4.74 Å². The molecule has 124 valence electrons. The second-order valence-corrected chi connectivity index (χ2v) is 5.50. The van der Waals surface area contributed by atoms with E-state index in [0.29, 0.717) is 5.96 Å². The molecule has 2 N–H and O–H groups in total. The molecule has 0 saturated carbocycles. The fraction of sp³-hybridized carbons (Fsp3) is 0.562. The zero-order valence-corrected chi connectivity index (χ0v) is 15.8. The van der Waals surface area contributed by atoms with Crippen molar-refractivity contribution in [1.82, 2.24) is 4.90 Å². The van der Waals surface area contributed by atoms with Gasteiger partial charge < -0.3 is 20.3 Å². The van der Waals surface area contributed by atoms with Crippen molar-refractivity contribution in [2.24, 2.45) is 10.7 Å². The summed E-state index contributed by atoms with van der Waals surface area (Å²) in [6, 6.07) is 8.68. The number of morpholine rings is 1. The highest BCUT2D eigenvalue weighted by Gasteiger charge is 2.11. The van der Waals surface area contributed by atoms with E-state index in [4.69, 9.17) is 10.5 Å². The van der Waals surface area contributed by atoms with E-state index in [1.807, 2.05) is 0 Å². The molecular weight excluding hydrogens is 391 g/mol. The van der Waals surface area contributed by atoms with Crippen LogP contribution in [-0.2, 0) is 11.2 Å². The molecule has 1 heterocycles. The maximum atomic E-state index is 6.00. The van der Waals surface area contributed by atoms with Crippen LogP contribution in [-0.4, -0.2) is 57.8 Å². The van der Waals surface area contributed by atoms with Crippen LogP contribution in [0.5, 0.6) is 0 Å². The number of halogens is 1.